The van der Waals surface area contributed by atoms with Gasteiger partial charge in [-0.3, -0.25) is 4.31 Å². The van der Waals surface area contributed by atoms with E-state index in [0.717, 1.165) is 30.4 Å². The Morgan fingerprint density at radius 3 is 2.34 bits per heavy atom. The first kappa shape index (κ1) is 25.7. The highest BCUT2D eigenvalue weighted by molar-refractivity contribution is 7.92. The van der Waals surface area contributed by atoms with Gasteiger partial charge in [0, 0.05) is 6.54 Å². The highest BCUT2D eigenvalue weighted by Crippen LogP contribution is 2.33. The quantitative estimate of drug-likeness (QED) is 0.390. The maximum absolute atomic E-state index is 13.3. The second kappa shape index (κ2) is 11.9. The summed E-state index contributed by atoms with van der Waals surface area (Å²) in [4.78, 5) is 11.0. The van der Waals surface area contributed by atoms with Gasteiger partial charge < -0.3 is 9.84 Å². The summed E-state index contributed by atoms with van der Waals surface area (Å²) >= 11 is 0. The predicted octanol–water partition coefficient (Wildman–Crippen LogP) is 5.64. The van der Waals surface area contributed by atoms with E-state index in [4.69, 9.17) is 9.84 Å². The second-order valence-electron chi connectivity index (χ2n) is 8.56. The van der Waals surface area contributed by atoms with E-state index in [2.05, 4.69) is 6.92 Å². The van der Waals surface area contributed by atoms with Crippen LogP contribution >= 0.6 is 0 Å². The number of sulfonamides is 1. The zero-order valence-corrected chi connectivity index (χ0v) is 20.3. The fraction of sp³-hybridized carbons (Fsp3) is 0.480. The molecule has 6 nitrogen and oxygen atoms in total. The largest absolute Gasteiger partial charge is 0.487 e. The van der Waals surface area contributed by atoms with Crippen molar-refractivity contribution in [1.82, 2.24) is 0 Å². The summed E-state index contributed by atoms with van der Waals surface area (Å²) in [5.41, 5.74) is 2.52. The van der Waals surface area contributed by atoms with E-state index in [1.165, 1.54) is 16.4 Å². The number of carboxylic acids is 1. The number of hydrogen-bond donors (Lipinski definition) is 1. The molecule has 0 aromatic heterocycles. The molecule has 2 aromatic carbocycles. The molecule has 176 valence electrons. The number of ether oxygens (including phenoxy) is 1. The molecule has 0 fully saturated rings. The number of carboxylic acid groups (broad SMARTS) is 1. The molecule has 0 spiro atoms. The molecule has 2 rings (SSSR count). The lowest BCUT2D eigenvalue weighted by Gasteiger charge is -2.28. The number of hydrogen-bond acceptors (Lipinski definition) is 4. The SMILES string of the molecule is CCCCCCS(=O)(=O)N(CC(C)C)c1cc(C)ccc1OCc1ccc(C(=O)O)cc1. The summed E-state index contributed by atoms with van der Waals surface area (Å²) in [5, 5.41) is 9.05. The monoisotopic (exact) mass is 461 g/mol. The fourth-order valence-corrected chi connectivity index (χ4v) is 5.12. The lowest BCUT2D eigenvalue weighted by Crippen LogP contribution is -2.36. The molecule has 7 heteroatoms. The van der Waals surface area contributed by atoms with Gasteiger partial charge in [0.25, 0.3) is 0 Å². The van der Waals surface area contributed by atoms with Gasteiger partial charge in [0.05, 0.1) is 17.0 Å². The lowest BCUT2D eigenvalue weighted by atomic mass is 10.1. The van der Waals surface area contributed by atoms with Gasteiger partial charge in [0.1, 0.15) is 12.4 Å². The van der Waals surface area contributed by atoms with E-state index in [0.29, 0.717) is 24.4 Å². The van der Waals surface area contributed by atoms with Gasteiger partial charge in [-0.2, -0.15) is 0 Å². The van der Waals surface area contributed by atoms with Crippen molar-refractivity contribution in [3.05, 3.63) is 59.2 Å². The third kappa shape index (κ3) is 7.55. The van der Waals surface area contributed by atoms with Gasteiger partial charge in [-0.25, -0.2) is 13.2 Å². The number of aromatic carboxylic acids is 1. The highest BCUT2D eigenvalue weighted by atomic mass is 32.2. The van der Waals surface area contributed by atoms with Gasteiger partial charge in [-0.1, -0.05) is 58.2 Å². The molecule has 0 aliphatic rings. The van der Waals surface area contributed by atoms with Gasteiger partial charge >= 0.3 is 5.97 Å². The van der Waals surface area contributed by atoms with Crippen LogP contribution in [0.4, 0.5) is 5.69 Å². The van der Waals surface area contributed by atoms with E-state index < -0.39 is 16.0 Å². The van der Waals surface area contributed by atoms with Gasteiger partial charge in [-0.05, 0) is 54.7 Å². The van der Waals surface area contributed by atoms with Crippen molar-refractivity contribution in [2.45, 2.75) is 60.0 Å². The number of unbranched alkanes of at least 4 members (excludes halogenated alkanes) is 3. The summed E-state index contributed by atoms with van der Waals surface area (Å²) in [6, 6.07) is 12.0. The summed E-state index contributed by atoms with van der Waals surface area (Å²) in [5.74, 6) is -0.219. The standard InChI is InChI=1S/C25H35NO5S/c1-5-6-7-8-15-32(29,30)26(17-19(2)3)23-16-20(4)9-14-24(23)31-18-21-10-12-22(13-11-21)25(27)28/h9-14,16,19H,5-8,15,17-18H2,1-4H3,(H,27,28). The van der Waals surface area contributed by atoms with Crippen molar-refractivity contribution in [3.8, 4) is 5.75 Å². The molecule has 0 atom stereocenters. The summed E-state index contributed by atoms with van der Waals surface area (Å²) < 4.78 is 34.1. The zero-order chi connectivity index (χ0) is 23.7. The maximum atomic E-state index is 13.3. The van der Waals surface area contributed by atoms with Crippen LogP contribution in [0.25, 0.3) is 0 Å². The smallest absolute Gasteiger partial charge is 0.335 e. The van der Waals surface area contributed by atoms with E-state index in [1.54, 1.807) is 18.2 Å². The van der Waals surface area contributed by atoms with Gasteiger partial charge in [0.2, 0.25) is 10.0 Å². The molecule has 0 saturated heterocycles. The van der Waals surface area contributed by atoms with Crippen molar-refractivity contribution in [2.24, 2.45) is 5.92 Å². The normalized spacial score (nSPS) is 11.5. The van der Waals surface area contributed by atoms with Gasteiger partial charge in [0.15, 0.2) is 0 Å². The van der Waals surface area contributed by atoms with Crippen LogP contribution in [0.1, 0.15) is 67.9 Å². The van der Waals surface area contributed by atoms with Crippen LogP contribution in [-0.4, -0.2) is 31.8 Å². The Hall–Kier alpha value is -2.54. The molecule has 0 aliphatic carbocycles. The van der Waals surface area contributed by atoms with E-state index in [9.17, 15) is 13.2 Å². The Morgan fingerprint density at radius 1 is 1.06 bits per heavy atom. The highest BCUT2D eigenvalue weighted by Gasteiger charge is 2.26. The van der Waals surface area contributed by atoms with Crippen molar-refractivity contribution in [2.75, 3.05) is 16.6 Å². The molecule has 0 saturated carbocycles. The first-order valence-corrected chi connectivity index (χ1v) is 12.8. The molecule has 2 aromatic rings. The Balaban J connectivity index is 2.29. The predicted molar refractivity (Wildman–Crippen MR) is 129 cm³/mol. The third-order valence-electron chi connectivity index (χ3n) is 5.10. The molecule has 0 radical (unpaired) electrons. The topological polar surface area (TPSA) is 83.9 Å². The van der Waals surface area contributed by atoms with Crippen LogP contribution in [0.3, 0.4) is 0 Å². The number of nitrogens with zero attached hydrogens (tertiary/aromatic N) is 1. The van der Waals surface area contributed by atoms with Crippen LogP contribution < -0.4 is 9.04 Å². The summed E-state index contributed by atoms with van der Waals surface area (Å²) in [6.45, 7) is 8.62. The first-order valence-electron chi connectivity index (χ1n) is 11.2. The average molecular weight is 462 g/mol. The van der Waals surface area contributed by atoms with Crippen LogP contribution in [0.15, 0.2) is 42.5 Å². The fourth-order valence-electron chi connectivity index (χ4n) is 3.36. The van der Waals surface area contributed by atoms with Crippen LogP contribution in [0, 0.1) is 12.8 Å². The average Bonchev–Trinajstić information content (AvgIpc) is 2.74. The summed E-state index contributed by atoms with van der Waals surface area (Å²) in [7, 11) is -3.50. The Labute approximate surface area is 192 Å². The molecular weight excluding hydrogens is 426 g/mol. The molecule has 32 heavy (non-hydrogen) atoms. The first-order chi connectivity index (χ1) is 15.1. The minimum atomic E-state index is -3.50. The number of anilines is 1. The molecule has 0 amide bonds. The molecule has 0 unspecified atom stereocenters. The Bertz CT molecular complexity index is 984. The zero-order valence-electron chi connectivity index (χ0n) is 19.5. The van der Waals surface area contributed by atoms with Crippen molar-refractivity contribution >= 4 is 21.7 Å². The molecule has 0 aliphatic heterocycles. The van der Waals surface area contributed by atoms with E-state index >= 15 is 0 Å². The van der Waals surface area contributed by atoms with Crippen LogP contribution in [0.5, 0.6) is 5.75 Å². The third-order valence-corrected chi connectivity index (χ3v) is 6.92. The van der Waals surface area contributed by atoms with Crippen molar-refractivity contribution in [1.29, 1.82) is 0 Å². The molecule has 0 bridgehead atoms. The number of aryl methyl sites for hydroxylation is 1. The number of benzene rings is 2. The van der Waals surface area contributed by atoms with Crippen LogP contribution in [-0.2, 0) is 16.6 Å². The minimum absolute atomic E-state index is 0.115. The van der Waals surface area contributed by atoms with E-state index in [-0.39, 0.29) is 23.8 Å². The Morgan fingerprint density at radius 2 is 1.75 bits per heavy atom. The van der Waals surface area contributed by atoms with Crippen LogP contribution in [0.2, 0.25) is 0 Å². The van der Waals surface area contributed by atoms with Gasteiger partial charge in [-0.15, -0.1) is 0 Å². The van der Waals surface area contributed by atoms with E-state index in [1.807, 2.05) is 32.9 Å². The minimum Gasteiger partial charge on any atom is -0.487 e. The maximum Gasteiger partial charge on any atom is 0.335 e. The van der Waals surface area contributed by atoms with Crippen molar-refractivity contribution in [3.63, 3.8) is 0 Å². The summed E-state index contributed by atoms with van der Waals surface area (Å²) in [6.07, 6.45) is 3.62. The molecule has 1 N–H and O–H groups in total. The Kier molecular flexibility index (Phi) is 9.57. The molecule has 0 heterocycles. The number of carbonyl (C=O) groups is 1. The lowest BCUT2D eigenvalue weighted by molar-refractivity contribution is 0.0697. The molecular formula is C25H35NO5S. The second-order valence-corrected chi connectivity index (χ2v) is 10.6. The number of rotatable bonds is 13. The van der Waals surface area contributed by atoms with Crippen molar-refractivity contribution < 1.29 is 23.1 Å².